The molecule has 0 aromatic heterocycles. The highest BCUT2D eigenvalue weighted by Gasteiger charge is 2.12. The smallest absolute Gasteiger partial charge is 0.419 e. The first-order valence-corrected chi connectivity index (χ1v) is 6.33. The minimum Gasteiger partial charge on any atom is -0.449 e. The van der Waals surface area contributed by atoms with E-state index in [1.807, 2.05) is 44.2 Å². The second-order valence-corrected chi connectivity index (χ2v) is 4.14. The summed E-state index contributed by atoms with van der Waals surface area (Å²) in [5, 5.41) is 0. The molecule has 0 heterocycles. The van der Waals surface area contributed by atoms with E-state index in [2.05, 4.69) is 0 Å². The van der Waals surface area contributed by atoms with Crippen molar-refractivity contribution in [3.05, 3.63) is 35.9 Å². The number of nitrogens with zero attached hydrogens (tertiary/aromatic N) is 1. The Morgan fingerprint density at radius 1 is 1.31 bits per heavy atom. The number of carbonyl (C=O) groups is 1. The fourth-order valence-electron chi connectivity index (χ4n) is 1.20. The summed E-state index contributed by atoms with van der Waals surface area (Å²) < 4.78 is 6.58. The second-order valence-electron chi connectivity index (χ2n) is 3.15. The summed E-state index contributed by atoms with van der Waals surface area (Å²) in [5.74, 6) is 0.785. The lowest BCUT2D eigenvalue weighted by Crippen LogP contribution is -2.25. The van der Waals surface area contributed by atoms with Crippen LogP contribution in [-0.4, -0.2) is 23.6 Å². The second kappa shape index (κ2) is 7.17. The molecule has 0 fully saturated rings. The summed E-state index contributed by atoms with van der Waals surface area (Å²) >= 11 is 1.48. The van der Waals surface area contributed by atoms with E-state index in [4.69, 9.17) is 4.74 Å². The van der Waals surface area contributed by atoms with Crippen LogP contribution in [0.15, 0.2) is 30.3 Å². The van der Waals surface area contributed by atoms with Crippen LogP contribution >= 0.6 is 11.9 Å². The molecule has 1 amide bonds. The standard InChI is InChI=1S/C12H17NO2S/c1-3-13(12(14)15-4-2)16-10-11-8-6-5-7-9-11/h5-9H,3-4,10H2,1-2H3. The van der Waals surface area contributed by atoms with Crippen LogP contribution in [0.2, 0.25) is 0 Å². The highest BCUT2D eigenvalue weighted by Crippen LogP contribution is 2.17. The molecule has 1 rings (SSSR count). The maximum absolute atomic E-state index is 11.5. The third kappa shape index (κ3) is 4.14. The molecular weight excluding hydrogens is 222 g/mol. The van der Waals surface area contributed by atoms with Crippen LogP contribution in [0.25, 0.3) is 0 Å². The minimum absolute atomic E-state index is 0.258. The molecule has 3 nitrogen and oxygen atoms in total. The zero-order valence-corrected chi connectivity index (χ0v) is 10.5. The van der Waals surface area contributed by atoms with Gasteiger partial charge in [0.05, 0.1) is 6.61 Å². The van der Waals surface area contributed by atoms with Gasteiger partial charge in [0.1, 0.15) is 0 Å². The van der Waals surface area contributed by atoms with E-state index in [1.54, 1.807) is 4.31 Å². The van der Waals surface area contributed by atoms with Crippen molar-refractivity contribution in [1.29, 1.82) is 0 Å². The number of ether oxygens (including phenoxy) is 1. The molecule has 0 saturated heterocycles. The van der Waals surface area contributed by atoms with Crippen molar-refractivity contribution in [2.75, 3.05) is 13.2 Å². The number of rotatable bonds is 5. The summed E-state index contributed by atoms with van der Waals surface area (Å²) in [6, 6.07) is 10.1. The predicted molar refractivity (Wildman–Crippen MR) is 67.1 cm³/mol. The molecule has 1 aromatic carbocycles. The first-order valence-electron chi connectivity index (χ1n) is 5.39. The number of amides is 1. The molecule has 1 aromatic rings. The van der Waals surface area contributed by atoms with E-state index in [-0.39, 0.29) is 6.09 Å². The minimum atomic E-state index is -0.258. The zero-order valence-electron chi connectivity index (χ0n) is 9.68. The van der Waals surface area contributed by atoms with Gasteiger partial charge in [-0.15, -0.1) is 0 Å². The lowest BCUT2D eigenvalue weighted by atomic mass is 10.2. The van der Waals surface area contributed by atoms with Crippen LogP contribution in [-0.2, 0) is 10.5 Å². The van der Waals surface area contributed by atoms with E-state index in [0.717, 1.165) is 5.75 Å². The molecule has 4 heteroatoms. The van der Waals surface area contributed by atoms with Crippen LogP contribution < -0.4 is 0 Å². The first-order chi connectivity index (χ1) is 7.77. The molecule has 0 aliphatic carbocycles. The van der Waals surface area contributed by atoms with Crippen molar-refractivity contribution in [3.63, 3.8) is 0 Å². The molecule has 0 radical (unpaired) electrons. The Labute approximate surface area is 101 Å². The van der Waals surface area contributed by atoms with Crippen LogP contribution in [0.1, 0.15) is 19.4 Å². The van der Waals surface area contributed by atoms with Crippen molar-refractivity contribution < 1.29 is 9.53 Å². The Bertz CT molecular complexity index is 316. The maximum atomic E-state index is 11.5. The zero-order chi connectivity index (χ0) is 11.8. The molecule has 0 unspecified atom stereocenters. The van der Waals surface area contributed by atoms with Crippen molar-refractivity contribution in [1.82, 2.24) is 4.31 Å². The van der Waals surface area contributed by atoms with Gasteiger partial charge >= 0.3 is 6.09 Å². The highest BCUT2D eigenvalue weighted by molar-refractivity contribution is 7.96. The summed E-state index contributed by atoms with van der Waals surface area (Å²) in [7, 11) is 0. The first kappa shape index (κ1) is 12.9. The SMILES string of the molecule is CCOC(=O)N(CC)SCc1ccccc1. The van der Waals surface area contributed by atoms with E-state index >= 15 is 0 Å². The lowest BCUT2D eigenvalue weighted by Gasteiger charge is -2.18. The monoisotopic (exact) mass is 239 g/mol. The summed E-state index contributed by atoms with van der Waals surface area (Å²) in [6.45, 7) is 4.82. The Kier molecular flexibility index (Phi) is 5.78. The molecule has 0 atom stereocenters. The molecule has 0 spiro atoms. The van der Waals surface area contributed by atoms with Crippen molar-refractivity contribution in [3.8, 4) is 0 Å². The number of carbonyl (C=O) groups excluding carboxylic acids is 1. The van der Waals surface area contributed by atoms with Gasteiger partial charge in [-0.1, -0.05) is 30.3 Å². The predicted octanol–water partition coefficient (Wildman–Crippen LogP) is 3.31. The third-order valence-corrected chi connectivity index (χ3v) is 3.17. The van der Waals surface area contributed by atoms with Crippen molar-refractivity contribution >= 4 is 18.0 Å². The molecule has 0 aliphatic rings. The summed E-state index contributed by atoms with van der Waals surface area (Å²) in [6.07, 6.45) is -0.258. The molecule has 0 aliphatic heterocycles. The number of hydrogen-bond acceptors (Lipinski definition) is 3. The van der Waals surface area contributed by atoms with Gasteiger partial charge in [0, 0.05) is 12.3 Å². The number of hydrogen-bond donors (Lipinski definition) is 0. The molecule has 0 N–H and O–H groups in total. The fourth-order valence-corrected chi connectivity index (χ4v) is 2.03. The Morgan fingerprint density at radius 3 is 2.56 bits per heavy atom. The average molecular weight is 239 g/mol. The molecule has 16 heavy (non-hydrogen) atoms. The summed E-state index contributed by atoms with van der Waals surface area (Å²) in [4.78, 5) is 11.5. The maximum Gasteiger partial charge on any atom is 0.419 e. The Balaban J connectivity index is 2.43. The van der Waals surface area contributed by atoms with Crippen LogP contribution in [0.3, 0.4) is 0 Å². The van der Waals surface area contributed by atoms with E-state index < -0.39 is 0 Å². The Morgan fingerprint density at radius 2 is 2.00 bits per heavy atom. The van der Waals surface area contributed by atoms with Gasteiger partial charge in [-0.25, -0.2) is 4.79 Å². The Hall–Kier alpha value is -1.16. The van der Waals surface area contributed by atoms with Gasteiger partial charge in [0.25, 0.3) is 0 Å². The van der Waals surface area contributed by atoms with Gasteiger partial charge in [-0.3, -0.25) is 4.31 Å². The molecule has 88 valence electrons. The average Bonchev–Trinajstić information content (AvgIpc) is 2.31. The van der Waals surface area contributed by atoms with Gasteiger partial charge in [-0.2, -0.15) is 0 Å². The van der Waals surface area contributed by atoms with Crippen molar-refractivity contribution in [2.24, 2.45) is 0 Å². The highest BCUT2D eigenvalue weighted by atomic mass is 32.2. The van der Waals surface area contributed by atoms with Crippen LogP contribution in [0.5, 0.6) is 0 Å². The molecule has 0 bridgehead atoms. The topological polar surface area (TPSA) is 29.5 Å². The van der Waals surface area contributed by atoms with Gasteiger partial charge in [0.2, 0.25) is 0 Å². The van der Waals surface area contributed by atoms with E-state index in [1.165, 1.54) is 17.5 Å². The number of benzene rings is 1. The van der Waals surface area contributed by atoms with Gasteiger partial charge in [-0.05, 0) is 31.4 Å². The molecule has 0 saturated carbocycles. The largest absolute Gasteiger partial charge is 0.449 e. The van der Waals surface area contributed by atoms with E-state index in [0.29, 0.717) is 13.2 Å². The van der Waals surface area contributed by atoms with E-state index in [9.17, 15) is 4.79 Å². The fraction of sp³-hybridized carbons (Fsp3) is 0.417. The van der Waals surface area contributed by atoms with Crippen LogP contribution in [0.4, 0.5) is 4.79 Å². The van der Waals surface area contributed by atoms with Gasteiger partial charge in [0.15, 0.2) is 0 Å². The quantitative estimate of drug-likeness (QED) is 0.738. The third-order valence-electron chi connectivity index (χ3n) is 1.99. The summed E-state index contributed by atoms with van der Waals surface area (Å²) in [5.41, 5.74) is 1.20. The normalized spacial score (nSPS) is 9.88. The van der Waals surface area contributed by atoms with Crippen molar-refractivity contribution in [2.45, 2.75) is 19.6 Å². The molecular formula is C12H17NO2S. The van der Waals surface area contributed by atoms with Gasteiger partial charge < -0.3 is 4.74 Å². The lowest BCUT2D eigenvalue weighted by molar-refractivity contribution is 0.135. The van der Waals surface area contributed by atoms with Crippen LogP contribution in [0, 0.1) is 0 Å².